The number of unbranched alkanes of at least 4 members (excludes halogenated alkanes) is 1. The first kappa shape index (κ1) is 14.0. The van der Waals surface area contributed by atoms with E-state index in [1.165, 1.54) is 11.1 Å². The van der Waals surface area contributed by atoms with Gasteiger partial charge in [-0.15, -0.1) is 0 Å². The van der Waals surface area contributed by atoms with Crippen LogP contribution in [0.25, 0.3) is 0 Å². The molecule has 3 heteroatoms. The Bertz CT molecular complexity index is 326. The van der Waals surface area contributed by atoms with E-state index in [1.54, 1.807) is 0 Å². The van der Waals surface area contributed by atoms with E-state index in [0.29, 0.717) is 6.61 Å². The lowest BCUT2D eigenvalue weighted by Crippen LogP contribution is -2.13. The molecule has 0 aliphatic carbocycles. The molecule has 0 fully saturated rings. The second kappa shape index (κ2) is 8.09. The van der Waals surface area contributed by atoms with Gasteiger partial charge in [-0.3, -0.25) is 0 Å². The highest BCUT2D eigenvalue weighted by Crippen LogP contribution is 2.20. The Morgan fingerprint density at radius 2 is 2.12 bits per heavy atom. The summed E-state index contributed by atoms with van der Waals surface area (Å²) in [7, 11) is 0. The van der Waals surface area contributed by atoms with Gasteiger partial charge in [-0.25, -0.2) is 0 Å². The maximum atomic E-state index is 8.71. The van der Waals surface area contributed by atoms with Gasteiger partial charge in [0, 0.05) is 18.7 Å². The Labute approximate surface area is 104 Å². The average molecular weight is 237 g/mol. The molecule has 0 aliphatic rings. The van der Waals surface area contributed by atoms with Crippen molar-refractivity contribution in [3.63, 3.8) is 0 Å². The minimum absolute atomic E-state index is 0.238. The van der Waals surface area contributed by atoms with Gasteiger partial charge in [0.25, 0.3) is 0 Å². The lowest BCUT2D eigenvalue weighted by Gasteiger charge is -2.12. The van der Waals surface area contributed by atoms with Crippen LogP contribution in [0.1, 0.15) is 30.9 Å². The summed E-state index contributed by atoms with van der Waals surface area (Å²) >= 11 is 0. The second-order valence-electron chi connectivity index (χ2n) is 4.17. The first-order valence-electron chi connectivity index (χ1n) is 6.31. The highest BCUT2D eigenvalue weighted by molar-refractivity contribution is 5.36. The molecule has 0 aromatic heterocycles. The number of hydrogen-bond acceptors (Lipinski definition) is 3. The van der Waals surface area contributed by atoms with E-state index in [0.717, 1.165) is 31.7 Å². The molecule has 0 radical (unpaired) electrons. The van der Waals surface area contributed by atoms with Crippen LogP contribution in [0.3, 0.4) is 0 Å². The molecule has 96 valence electrons. The van der Waals surface area contributed by atoms with Crippen molar-refractivity contribution in [2.45, 2.75) is 33.2 Å². The van der Waals surface area contributed by atoms with E-state index >= 15 is 0 Å². The summed E-state index contributed by atoms with van der Waals surface area (Å²) in [5, 5.41) is 12.0. The number of aliphatic hydroxyl groups is 1. The van der Waals surface area contributed by atoms with Crippen LogP contribution >= 0.6 is 0 Å². The van der Waals surface area contributed by atoms with Crippen LogP contribution in [0.4, 0.5) is 0 Å². The van der Waals surface area contributed by atoms with E-state index in [-0.39, 0.29) is 6.61 Å². The molecule has 3 nitrogen and oxygen atoms in total. The molecule has 0 atom stereocenters. The fourth-order valence-electron chi connectivity index (χ4n) is 1.64. The van der Waals surface area contributed by atoms with Gasteiger partial charge >= 0.3 is 0 Å². The van der Waals surface area contributed by atoms with E-state index in [1.807, 2.05) is 6.07 Å². The van der Waals surface area contributed by atoms with Gasteiger partial charge in [-0.1, -0.05) is 24.6 Å². The molecule has 0 bridgehead atoms. The van der Waals surface area contributed by atoms with Gasteiger partial charge in [0.1, 0.15) is 5.75 Å². The Morgan fingerprint density at radius 1 is 1.29 bits per heavy atom. The molecule has 1 aromatic rings. The van der Waals surface area contributed by atoms with Crippen LogP contribution in [-0.2, 0) is 6.54 Å². The zero-order valence-electron chi connectivity index (χ0n) is 10.8. The molecule has 0 aliphatic heterocycles. The summed E-state index contributed by atoms with van der Waals surface area (Å²) in [5.41, 5.74) is 2.46. The molecule has 0 heterocycles. The third-order valence-electron chi connectivity index (χ3n) is 2.59. The number of rotatable bonds is 8. The van der Waals surface area contributed by atoms with Gasteiger partial charge in [0.05, 0.1) is 6.61 Å². The number of ether oxygens (including phenoxy) is 1. The molecular formula is C14H23NO2. The first-order chi connectivity index (χ1) is 8.27. The Morgan fingerprint density at radius 3 is 2.82 bits per heavy atom. The number of aliphatic hydroxyl groups excluding tert-OH is 1. The molecule has 1 rings (SSSR count). The monoisotopic (exact) mass is 237 g/mol. The number of hydrogen-bond donors (Lipinski definition) is 2. The fourth-order valence-corrected chi connectivity index (χ4v) is 1.64. The van der Waals surface area contributed by atoms with Gasteiger partial charge in [0.2, 0.25) is 0 Å². The van der Waals surface area contributed by atoms with Gasteiger partial charge in [-0.2, -0.15) is 0 Å². The van der Waals surface area contributed by atoms with Crippen molar-refractivity contribution in [3.05, 3.63) is 29.3 Å². The van der Waals surface area contributed by atoms with Crippen molar-refractivity contribution < 1.29 is 9.84 Å². The zero-order valence-corrected chi connectivity index (χ0v) is 10.8. The van der Waals surface area contributed by atoms with E-state index in [2.05, 4.69) is 31.3 Å². The van der Waals surface area contributed by atoms with E-state index < -0.39 is 0 Å². The second-order valence-corrected chi connectivity index (χ2v) is 4.17. The summed E-state index contributed by atoms with van der Waals surface area (Å²) in [6, 6.07) is 6.25. The third kappa shape index (κ3) is 5.20. The summed E-state index contributed by atoms with van der Waals surface area (Å²) in [6.07, 6.45) is 1.69. The highest BCUT2D eigenvalue weighted by atomic mass is 16.5. The molecular weight excluding hydrogens is 214 g/mol. The van der Waals surface area contributed by atoms with Gasteiger partial charge < -0.3 is 15.2 Å². The molecule has 0 unspecified atom stereocenters. The standard InChI is InChI=1S/C14H23NO2/c1-3-15-11-13-10-12(2)6-7-14(13)17-9-5-4-8-16/h6-7,10,15-16H,3-5,8-9,11H2,1-2H3. The number of aryl methyl sites for hydroxylation is 1. The van der Waals surface area contributed by atoms with Crippen molar-refractivity contribution in [2.75, 3.05) is 19.8 Å². The predicted octanol–water partition coefficient (Wildman–Crippen LogP) is 2.26. The topological polar surface area (TPSA) is 41.5 Å². The molecule has 1 aromatic carbocycles. The maximum Gasteiger partial charge on any atom is 0.123 e. The Kier molecular flexibility index (Phi) is 6.67. The lowest BCUT2D eigenvalue weighted by molar-refractivity contribution is 0.252. The summed E-state index contributed by atoms with van der Waals surface area (Å²) in [6.45, 7) is 6.89. The molecule has 0 saturated carbocycles. The van der Waals surface area contributed by atoms with Gasteiger partial charge in [0.15, 0.2) is 0 Å². The van der Waals surface area contributed by atoms with Crippen LogP contribution in [0.5, 0.6) is 5.75 Å². The lowest BCUT2D eigenvalue weighted by atomic mass is 10.1. The summed E-state index contributed by atoms with van der Waals surface area (Å²) < 4.78 is 5.74. The summed E-state index contributed by atoms with van der Waals surface area (Å²) in [5.74, 6) is 0.953. The average Bonchev–Trinajstić information content (AvgIpc) is 2.34. The quantitative estimate of drug-likeness (QED) is 0.681. The van der Waals surface area contributed by atoms with Crippen LogP contribution in [-0.4, -0.2) is 24.9 Å². The van der Waals surface area contributed by atoms with E-state index in [9.17, 15) is 0 Å². The van der Waals surface area contributed by atoms with Crippen molar-refractivity contribution in [2.24, 2.45) is 0 Å². The summed E-state index contributed by atoms with van der Waals surface area (Å²) in [4.78, 5) is 0. The smallest absolute Gasteiger partial charge is 0.123 e. The predicted molar refractivity (Wildman–Crippen MR) is 70.4 cm³/mol. The minimum Gasteiger partial charge on any atom is -0.493 e. The highest BCUT2D eigenvalue weighted by Gasteiger charge is 2.03. The van der Waals surface area contributed by atoms with Crippen molar-refractivity contribution in [1.82, 2.24) is 5.32 Å². The molecule has 0 saturated heterocycles. The van der Waals surface area contributed by atoms with Crippen LogP contribution in [0, 0.1) is 6.92 Å². The molecule has 17 heavy (non-hydrogen) atoms. The number of nitrogens with one attached hydrogen (secondary N) is 1. The van der Waals surface area contributed by atoms with Crippen molar-refractivity contribution in [1.29, 1.82) is 0 Å². The van der Waals surface area contributed by atoms with Crippen molar-refractivity contribution in [3.8, 4) is 5.75 Å². The van der Waals surface area contributed by atoms with E-state index in [4.69, 9.17) is 9.84 Å². The molecule has 0 spiro atoms. The van der Waals surface area contributed by atoms with Gasteiger partial charge in [-0.05, 0) is 32.4 Å². The largest absolute Gasteiger partial charge is 0.493 e. The Balaban J connectivity index is 2.55. The number of benzene rings is 1. The molecule has 0 amide bonds. The fraction of sp³-hybridized carbons (Fsp3) is 0.571. The molecule has 2 N–H and O–H groups in total. The van der Waals surface area contributed by atoms with Crippen LogP contribution in [0.2, 0.25) is 0 Å². The van der Waals surface area contributed by atoms with Crippen LogP contribution in [0.15, 0.2) is 18.2 Å². The third-order valence-corrected chi connectivity index (χ3v) is 2.59. The Hall–Kier alpha value is -1.06. The van der Waals surface area contributed by atoms with Crippen molar-refractivity contribution >= 4 is 0 Å². The zero-order chi connectivity index (χ0) is 12.5. The SMILES string of the molecule is CCNCc1cc(C)ccc1OCCCCO. The van der Waals surface area contributed by atoms with Crippen LogP contribution < -0.4 is 10.1 Å². The maximum absolute atomic E-state index is 8.71. The normalized spacial score (nSPS) is 10.5. The first-order valence-corrected chi connectivity index (χ1v) is 6.31. The minimum atomic E-state index is 0.238.